The number of ether oxygens (including phenoxy) is 3. The summed E-state index contributed by atoms with van der Waals surface area (Å²) in [5.41, 5.74) is -0.444. The minimum atomic E-state index is -1.44. The normalized spacial score (nSPS) is 48.4. The fraction of sp³-hybridized carbons (Fsp3) is 0.750. The first-order valence-corrected chi connectivity index (χ1v) is 7.83. The third-order valence-corrected chi connectivity index (χ3v) is 5.28. The van der Waals surface area contributed by atoms with E-state index >= 15 is 0 Å². The number of esters is 2. The van der Waals surface area contributed by atoms with Crippen molar-refractivity contribution < 1.29 is 34.0 Å². The predicted molar refractivity (Wildman–Crippen MR) is 77.2 cm³/mol. The number of carbonyl (C=O) groups excluding carboxylic acids is 2. The highest BCUT2D eigenvalue weighted by Gasteiger charge is 2.64. The van der Waals surface area contributed by atoms with E-state index in [-0.39, 0.29) is 11.7 Å². The standard InChI is InChI=1S/C16H22O7/c1-7-9-11(18)10(17)8(15(20)21-3)5-4-6-16(2)13(23-16)12(9)22-14(7)19/h5,7,9-13,17-18H,4,6H2,1-3H3/b8-5-/t7-,9-,10+,11+,12-,13+,16-/m1/s1. The van der Waals surface area contributed by atoms with Crippen LogP contribution in [0.5, 0.6) is 0 Å². The number of hydrogen-bond donors (Lipinski definition) is 2. The van der Waals surface area contributed by atoms with E-state index in [0.29, 0.717) is 12.8 Å². The van der Waals surface area contributed by atoms with Crippen LogP contribution in [-0.4, -0.2) is 59.3 Å². The summed E-state index contributed by atoms with van der Waals surface area (Å²) in [7, 11) is 1.22. The Morgan fingerprint density at radius 3 is 2.78 bits per heavy atom. The van der Waals surface area contributed by atoms with Crippen molar-refractivity contribution in [3.8, 4) is 0 Å². The van der Waals surface area contributed by atoms with E-state index in [0.717, 1.165) is 0 Å². The van der Waals surface area contributed by atoms with Gasteiger partial charge in [-0.05, 0) is 19.8 Å². The molecule has 7 nitrogen and oxygen atoms in total. The van der Waals surface area contributed by atoms with E-state index in [4.69, 9.17) is 14.2 Å². The molecule has 0 bridgehead atoms. The molecule has 128 valence electrons. The summed E-state index contributed by atoms with van der Waals surface area (Å²) in [5, 5.41) is 21.1. The zero-order valence-electron chi connectivity index (χ0n) is 13.4. The number of carbonyl (C=O) groups is 2. The van der Waals surface area contributed by atoms with E-state index in [9.17, 15) is 19.8 Å². The Morgan fingerprint density at radius 2 is 2.13 bits per heavy atom. The third kappa shape index (κ3) is 2.56. The summed E-state index contributed by atoms with van der Waals surface area (Å²) >= 11 is 0. The number of fused-ring (bicyclic) bond motifs is 3. The van der Waals surface area contributed by atoms with Gasteiger partial charge in [0.1, 0.15) is 18.3 Å². The van der Waals surface area contributed by atoms with Crippen LogP contribution in [0.4, 0.5) is 0 Å². The molecule has 0 saturated carbocycles. The highest BCUT2D eigenvalue weighted by Crippen LogP contribution is 2.50. The molecular formula is C16H22O7. The molecule has 2 aliphatic heterocycles. The second kappa shape index (κ2) is 5.58. The van der Waals surface area contributed by atoms with Gasteiger partial charge in [0.15, 0.2) is 0 Å². The Labute approximate surface area is 134 Å². The van der Waals surface area contributed by atoms with E-state index in [1.807, 2.05) is 6.92 Å². The summed E-state index contributed by atoms with van der Waals surface area (Å²) in [6.45, 7) is 3.57. The molecule has 0 aromatic rings. The Kier molecular flexibility index (Phi) is 3.98. The summed E-state index contributed by atoms with van der Waals surface area (Å²) in [4.78, 5) is 23.9. The first-order chi connectivity index (χ1) is 10.8. The molecule has 0 amide bonds. The lowest BCUT2D eigenvalue weighted by Crippen LogP contribution is -2.45. The lowest BCUT2D eigenvalue weighted by molar-refractivity contribution is -0.145. The van der Waals surface area contributed by atoms with Crippen molar-refractivity contribution in [3.05, 3.63) is 11.6 Å². The van der Waals surface area contributed by atoms with Crippen LogP contribution < -0.4 is 0 Å². The minimum Gasteiger partial charge on any atom is -0.466 e. The molecule has 23 heavy (non-hydrogen) atoms. The van der Waals surface area contributed by atoms with Crippen LogP contribution in [0.1, 0.15) is 26.7 Å². The van der Waals surface area contributed by atoms with Gasteiger partial charge < -0.3 is 24.4 Å². The van der Waals surface area contributed by atoms with Crippen LogP contribution in [0, 0.1) is 11.8 Å². The lowest BCUT2D eigenvalue weighted by atomic mass is 9.78. The second-order valence-corrected chi connectivity index (χ2v) is 6.74. The summed E-state index contributed by atoms with van der Waals surface area (Å²) in [5.74, 6) is -2.34. The van der Waals surface area contributed by atoms with Crippen LogP contribution in [0.2, 0.25) is 0 Å². The van der Waals surface area contributed by atoms with Gasteiger partial charge in [-0.1, -0.05) is 13.0 Å². The first-order valence-electron chi connectivity index (χ1n) is 7.83. The van der Waals surface area contributed by atoms with Gasteiger partial charge in [0.25, 0.3) is 0 Å². The van der Waals surface area contributed by atoms with Gasteiger partial charge in [-0.2, -0.15) is 0 Å². The number of methoxy groups -OCH3 is 1. The molecular weight excluding hydrogens is 304 g/mol. The number of rotatable bonds is 1. The summed E-state index contributed by atoms with van der Waals surface area (Å²) < 4.78 is 15.8. The average molecular weight is 326 g/mol. The molecule has 1 aliphatic carbocycles. The van der Waals surface area contributed by atoms with Crippen LogP contribution in [0.25, 0.3) is 0 Å². The van der Waals surface area contributed by atoms with Crippen molar-refractivity contribution >= 4 is 11.9 Å². The second-order valence-electron chi connectivity index (χ2n) is 6.74. The van der Waals surface area contributed by atoms with Crippen molar-refractivity contribution in [1.29, 1.82) is 0 Å². The molecule has 0 aromatic carbocycles. The summed E-state index contributed by atoms with van der Waals surface area (Å²) in [6.07, 6.45) is -0.987. The molecule has 2 fully saturated rings. The van der Waals surface area contributed by atoms with Crippen molar-refractivity contribution in [3.63, 3.8) is 0 Å². The summed E-state index contributed by atoms with van der Waals surface area (Å²) in [6, 6.07) is 0. The van der Waals surface area contributed by atoms with Crippen LogP contribution >= 0.6 is 0 Å². The highest BCUT2D eigenvalue weighted by molar-refractivity contribution is 5.89. The SMILES string of the molecule is COC(=O)/C1=C\CC[C@@]2(C)O[C@H]2[C@@H]2OC(=O)[C@H](C)[C@@H]2[C@H](O)[C@H]1O. The molecule has 2 saturated heterocycles. The quantitative estimate of drug-likeness (QED) is 0.513. The largest absolute Gasteiger partial charge is 0.466 e. The Hall–Kier alpha value is -1.44. The molecule has 0 radical (unpaired) electrons. The maximum atomic E-state index is 12.0. The van der Waals surface area contributed by atoms with Crippen molar-refractivity contribution in [2.45, 2.75) is 56.7 Å². The number of hydrogen-bond acceptors (Lipinski definition) is 7. The van der Waals surface area contributed by atoms with Gasteiger partial charge in [0.05, 0.1) is 30.3 Å². The van der Waals surface area contributed by atoms with E-state index in [2.05, 4.69) is 0 Å². The Balaban J connectivity index is 1.98. The number of allylic oxidation sites excluding steroid dienone is 1. The highest BCUT2D eigenvalue weighted by atomic mass is 16.6. The molecule has 3 aliphatic rings. The molecule has 2 N–H and O–H groups in total. The predicted octanol–water partition coefficient (Wildman–Crippen LogP) is -0.0634. The van der Waals surface area contributed by atoms with Crippen molar-refractivity contribution in [1.82, 2.24) is 0 Å². The molecule has 7 atom stereocenters. The molecule has 0 unspecified atom stereocenters. The van der Waals surface area contributed by atoms with Crippen LogP contribution in [-0.2, 0) is 23.8 Å². The van der Waals surface area contributed by atoms with Gasteiger partial charge in [-0.25, -0.2) is 4.79 Å². The zero-order valence-corrected chi connectivity index (χ0v) is 13.4. The van der Waals surface area contributed by atoms with Crippen molar-refractivity contribution in [2.24, 2.45) is 11.8 Å². The Bertz CT molecular complexity index is 557. The monoisotopic (exact) mass is 326 g/mol. The fourth-order valence-corrected chi connectivity index (χ4v) is 3.74. The number of aliphatic hydroxyl groups excluding tert-OH is 2. The van der Waals surface area contributed by atoms with Crippen LogP contribution in [0.15, 0.2) is 11.6 Å². The maximum Gasteiger partial charge on any atom is 0.336 e. The van der Waals surface area contributed by atoms with Gasteiger partial charge >= 0.3 is 11.9 Å². The number of epoxide rings is 1. The molecule has 3 rings (SSSR count). The lowest BCUT2D eigenvalue weighted by Gasteiger charge is -2.29. The van der Waals surface area contributed by atoms with Gasteiger partial charge in [-0.15, -0.1) is 0 Å². The van der Waals surface area contributed by atoms with E-state index < -0.39 is 47.7 Å². The molecule has 7 heteroatoms. The third-order valence-electron chi connectivity index (χ3n) is 5.28. The zero-order chi connectivity index (χ0) is 16.9. The van der Waals surface area contributed by atoms with Crippen molar-refractivity contribution in [2.75, 3.05) is 7.11 Å². The van der Waals surface area contributed by atoms with Gasteiger partial charge in [-0.3, -0.25) is 4.79 Å². The topological polar surface area (TPSA) is 106 Å². The van der Waals surface area contributed by atoms with Crippen LogP contribution in [0.3, 0.4) is 0 Å². The fourth-order valence-electron chi connectivity index (χ4n) is 3.74. The minimum absolute atomic E-state index is 0.00741. The molecule has 0 spiro atoms. The maximum absolute atomic E-state index is 12.0. The molecule has 2 heterocycles. The number of aliphatic hydroxyl groups is 2. The molecule has 0 aromatic heterocycles. The average Bonchev–Trinajstić information content (AvgIpc) is 3.10. The smallest absolute Gasteiger partial charge is 0.336 e. The van der Waals surface area contributed by atoms with E-state index in [1.54, 1.807) is 13.0 Å². The van der Waals surface area contributed by atoms with Gasteiger partial charge in [0.2, 0.25) is 0 Å². The first kappa shape index (κ1) is 16.4. The van der Waals surface area contributed by atoms with E-state index in [1.165, 1.54) is 7.11 Å². The van der Waals surface area contributed by atoms with Gasteiger partial charge in [0, 0.05) is 5.92 Å². The Morgan fingerprint density at radius 1 is 1.43 bits per heavy atom.